The molecule has 1 saturated carbocycles. The zero-order chi connectivity index (χ0) is 13.5. The minimum absolute atomic E-state index is 0.355. The number of benzene rings is 1. The average Bonchev–Trinajstić information content (AvgIpc) is 2.77. The van der Waals surface area contributed by atoms with Crippen LogP contribution in [0.1, 0.15) is 42.4 Å². The van der Waals surface area contributed by atoms with Crippen LogP contribution in [0.25, 0.3) is 0 Å². The average molecular weight is 315 g/mol. The molecule has 1 fully saturated rings. The predicted octanol–water partition coefficient (Wildman–Crippen LogP) is 4.10. The van der Waals surface area contributed by atoms with Gasteiger partial charge < -0.3 is 5.11 Å². The van der Waals surface area contributed by atoms with Crippen LogP contribution in [0.4, 0.5) is 4.39 Å². The van der Waals surface area contributed by atoms with E-state index in [4.69, 9.17) is 0 Å². The van der Waals surface area contributed by atoms with Gasteiger partial charge in [0.1, 0.15) is 5.82 Å². The Bertz CT molecular complexity index is 479. The molecule has 0 aliphatic heterocycles. The normalized spacial score (nSPS) is 18.0. The van der Waals surface area contributed by atoms with Gasteiger partial charge in [0.15, 0.2) is 0 Å². The van der Waals surface area contributed by atoms with Crippen LogP contribution in [-0.2, 0) is 10.2 Å². The SMILES string of the molecule is Cc1cc(Br)c(F)c(C2(C(=O)O)CCCC2)c1C. The van der Waals surface area contributed by atoms with Gasteiger partial charge in [0.25, 0.3) is 0 Å². The van der Waals surface area contributed by atoms with Crippen molar-refractivity contribution in [2.75, 3.05) is 0 Å². The molecule has 0 spiro atoms. The first-order valence-corrected chi connectivity index (χ1v) is 6.88. The summed E-state index contributed by atoms with van der Waals surface area (Å²) < 4.78 is 14.7. The van der Waals surface area contributed by atoms with Crippen molar-refractivity contribution in [2.24, 2.45) is 0 Å². The molecule has 1 N–H and O–H groups in total. The topological polar surface area (TPSA) is 37.3 Å². The van der Waals surface area contributed by atoms with Gasteiger partial charge in [-0.05, 0) is 59.8 Å². The number of carboxylic acid groups (broad SMARTS) is 1. The van der Waals surface area contributed by atoms with E-state index in [0.29, 0.717) is 22.9 Å². The number of carbonyl (C=O) groups is 1. The third kappa shape index (κ3) is 1.87. The van der Waals surface area contributed by atoms with E-state index in [1.165, 1.54) is 0 Å². The standard InChI is InChI=1S/C14H16BrFO2/c1-8-7-10(15)12(16)11(9(8)2)14(13(17)18)5-3-4-6-14/h7H,3-6H2,1-2H3,(H,17,18). The van der Waals surface area contributed by atoms with Gasteiger partial charge in [-0.25, -0.2) is 4.39 Å². The summed E-state index contributed by atoms with van der Waals surface area (Å²) >= 11 is 3.18. The van der Waals surface area contributed by atoms with Crippen LogP contribution in [0, 0.1) is 19.7 Å². The lowest BCUT2D eigenvalue weighted by Crippen LogP contribution is -2.34. The van der Waals surface area contributed by atoms with Crippen molar-refractivity contribution in [1.29, 1.82) is 0 Å². The summed E-state index contributed by atoms with van der Waals surface area (Å²) in [5.74, 6) is -1.32. The number of hydrogen-bond acceptors (Lipinski definition) is 1. The van der Waals surface area contributed by atoms with E-state index in [0.717, 1.165) is 24.0 Å². The van der Waals surface area contributed by atoms with E-state index in [2.05, 4.69) is 15.9 Å². The lowest BCUT2D eigenvalue weighted by atomic mass is 9.75. The van der Waals surface area contributed by atoms with Gasteiger partial charge in [0, 0.05) is 5.56 Å². The van der Waals surface area contributed by atoms with Gasteiger partial charge in [-0.1, -0.05) is 12.8 Å². The summed E-state index contributed by atoms with van der Waals surface area (Å²) in [6, 6.07) is 1.71. The molecule has 0 bridgehead atoms. The molecular formula is C14H16BrFO2. The van der Waals surface area contributed by atoms with Gasteiger partial charge in [-0.15, -0.1) is 0 Å². The van der Waals surface area contributed by atoms with Gasteiger partial charge in [-0.2, -0.15) is 0 Å². The number of aryl methyl sites for hydroxylation is 1. The summed E-state index contributed by atoms with van der Waals surface area (Å²) in [4.78, 5) is 11.7. The molecule has 18 heavy (non-hydrogen) atoms. The smallest absolute Gasteiger partial charge is 0.314 e. The molecule has 0 radical (unpaired) electrons. The van der Waals surface area contributed by atoms with E-state index in [1.807, 2.05) is 13.8 Å². The molecule has 1 aromatic carbocycles. The number of hydrogen-bond donors (Lipinski definition) is 1. The van der Waals surface area contributed by atoms with Crippen molar-refractivity contribution in [3.05, 3.63) is 33.0 Å². The highest BCUT2D eigenvalue weighted by Crippen LogP contribution is 2.45. The van der Waals surface area contributed by atoms with Crippen molar-refractivity contribution in [3.8, 4) is 0 Å². The van der Waals surface area contributed by atoms with Crippen LogP contribution in [0.2, 0.25) is 0 Å². The van der Waals surface area contributed by atoms with Crippen molar-refractivity contribution in [2.45, 2.75) is 44.9 Å². The first-order valence-electron chi connectivity index (χ1n) is 6.09. The fraction of sp³-hybridized carbons (Fsp3) is 0.500. The first-order chi connectivity index (χ1) is 8.40. The Labute approximate surface area is 114 Å². The van der Waals surface area contributed by atoms with E-state index >= 15 is 0 Å². The summed E-state index contributed by atoms with van der Waals surface area (Å²) in [5, 5.41) is 9.57. The number of halogens is 2. The third-order valence-electron chi connectivity index (χ3n) is 4.08. The molecule has 98 valence electrons. The lowest BCUT2D eigenvalue weighted by Gasteiger charge is -2.28. The number of carboxylic acids is 1. The fourth-order valence-electron chi connectivity index (χ4n) is 2.96. The molecule has 1 aliphatic rings. The summed E-state index contributed by atoms with van der Waals surface area (Å²) in [6.07, 6.45) is 2.74. The zero-order valence-corrected chi connectivity index (χ0v) is 12.1. The number of aliphatic carboxylic acids is 1. The van der Waals surface area contributed by atoms with Gasteiger partial charge in [0.05, 0.1) is 9.89 Å². The van der Waals surface area contributed by atoms with Gasteiger partial charge in [0.2, 0.25) is 0 Å². The fourth-order valence-corrected chi connectivity index (χ4v) is 3.50. The second-order valence-electron chi connectivity index (χ2n) is 5.08. The molecule has 0 amide bonds. The molecular weight excluding hydrogens is 299 g/mol. The maximum absolute atomic E-state index is 14.4. The summed E-state index contributed by atoms with van der Waals surface area (Å²) in [5.41, 5.74) is 1.02. The van der Waals surface area contributed by atoms with Crippen LogP contribution in [0.5, 0.6) is 0 Å². The Morgan fingerprint density at radius 1 is 1.39 bits per heavy atom. The monoisotopic (exact) mass is 314 g/mol. The van der Waals surface area contributed by atoms with Crippen LogP contribution in [-0.4, -0.2) is 11.1 Å². The minimum atomic E-state index is -1.04. The Morgan fingerprint density at radius 2 is 1.94 bits per heavy atom. The lowest BCUT2D eigenvalue weighted by molar-refractivity contribution is -0.143. The van der Waals surface area contributed by atoms with Crippen LogP contribution < -0.4 is 0 Å². The summed E-state index contributed by atoms with van der Waals surface area (Å²) in [6.45, 7) is 3.69. The second-order valence-corrected chi connectivity index (χ2v) is 5.94. The highest BCUT2D eigenvalue weighted by atomic mass is 79.9. The van der Waals surface area contributed by atoms with Crippen molar-refractivity contribution < 1.29 is 14.3 Å². The van der Waals surface area contributed by atoms with E-state index in [9.17, 15) is 14.3 Å². The maximum Gasteiger partial charge on any atom is 0.314 e. The molecule has 0 atom stereocenters. The molecule has 0 saturated heterocycles. The molecule has 1 aromatic rings. The Hall–Kier alpha value is -0.900. The van der Waals surface area contributed by atoms with Gasteiger partial charge >= 0.3 is 5.97 Å². The van der Waals surface area contributed by atoms with Crippen molar-refractivity contribution >= 4 is 21.9 Å². The largest absolute Gasteiger partial charge is 0.481 e. The zero-order valence-electron chi connectivity index (χ0n) is 10.5. The minimum Gasteiger partial charge on any atom is -0.481 e. The third-order valence-corrected chi connectivity index (χ3v) is 4.66. The molecule has 2 rings (SSSR count). The quantitative estimate of drug-likeness (QED) is 0.892. The van der Waals surface area contributed by atoms with Gasteiger partial charge in [-0.3, -0.25) is 4.79 Å². The van der Waals surface area contributed by atoms with Crippen molar-refractivity contribution in [1.82, 2.24) is 0 Å². The Morgan fingerprint density at radius 3 is 2.44 bits per heavy atom. The van der Waals surface area contributed by atoms with E-state index in [1.54, 1.807) is 6.07 Å². The van der Waals surface area contributed by atoms with Crippen LogP contribution in [0.3, 0.4) is 0 Å². The highest BCUT2D eigenvalue weighted by Gasteiger charge is 2.46. The molecule has 4 heteroatoms. The first kappa shape index (κ1) is 13.5. The van der Waals surface area contributed by atoms with E-state index in [-0.39, 0.29) is 0 Å². The maximum atomic E-state index is 14.4. The molecule has 0 heterocycles. The predicted molar refractivity (Wildman–Crippen MR) is 71.4 cm³/mol. The highest BCUT2D eigenvalue weighted by molar-refractivity contribution is 9.10. The number of rotatable bonds is 2. The van der Waals surface area contributed by atoms with Crippen LogP contribution >= 0.6 is 15.9 Å². The Kier molecular flexibility index (Phi) is 3.49. The molecule has 0 aromatic heterocycles. The molecule has 0 unspecified atom stereocenters. The Balaban J connectivity index is 2.73. The van der Waals surface area contributed by atoms with E-state index < -0.39 is 17.2 Å². The van der Waals surface area contributed by atoms with Crippen molar-refractivity contribution in [3.63, 3.8) is 0 Å². The summed E-state index contributed by atoms with van der Waals surface area (Å²) in [7, 11) is 0. The second kappa shape index (κ2) is 4.65. The molecule has 1 aliphatic carbocycles. The molecule has 2 nitrogen and oxygen atoms in total. The van der Waals surface area contributed by atoms with Crippen LogP contribution in [0.15, 0.2) is 10.5 Å².